The van der Waals surface area contributed by atoms with Gasteiger partial charge in [0.1, 0.15) is 0 Å². The lowest BCUT2D eigenvalue weighted by atomic mass is 10.1. The first-order valence-electron chi connectivity index (χ1n) is 6.86. The van der Waals surface area contributed by atoms with Crippen LogP contribution in [-0.2, 0) is 4.74 Å². The van der Waals surface area contributed by atoms with E-state index < -0.39 is 0 Å². The van der Waals surface area contributed by atoms with E-state index in [2.05, 4.69) is 11.8 Å². The molecule has 0 spiro atoms. The van der Waals surface area contributed by atoms with Crippen molar-refractivity contribution in [2.45, 2.75) is 25.4 Å². The first-order chi connectivity index (χ1) is 9.70. The lowest BCUT2D eigenvalue weighted by Crippen LogP contribution is -2.36. The van der Waals surface area contributed by atoms with Crippen molar-refractivity contribution in [3.8, 4) is 11.8 Å². The zero-order valence-electron chi connectivity index (χ0n) is 11.7. The monoisotopic (exact) mass is 292 g/mol. The van der Waals surface area contributed by atoms with Crippen molar-refractivity contribution in [1.29, 1.82) is 0 Å². The van der Waals surface area contributed by atoms with Gasteiger partial charge in [-0.3, -0.25) is 4.79 Å². The number of rotatable bonds is 3. The number of likely N-dealkylation sites (N-methyl/N-ethyl adjacent to an activating group) is 1. The van der Waals surface area contributed by atoms with E-state index in [0.717, 1.165) is 24.3 Å². The molecule has 4 nitrogen and oxygen atoms in total. The summed E-state index contributed by atoms with van der Waals surface area (Å²) in [6.45, 7) is 1.80. The van der Waals surface area contributed by atoms with Gasteiger partial charge >= 0.3 is 0 Å². The van der Waals surface area contributed by atoms with Crippen LogP contribution < -0.4 is 5.73 Å². The van der Waals surface area contributed by atoms with Crippen LogP contribution in [0.15, 0.2) is 12.1 Å². The Morgan fingerprint density at radius 3 is 3.10 bits per heavy atom. The van der Waals surface area contributed by atoms with E-state index in [1.165, 1.54) is 17.8 Å². The fourth-order valence-corrected chi connectivity index (χ4v) is 3.06. The molecular weight excluding hydrogens is 272 g/mol. The van der Waals surface area contributed by atoms with Gasteiger partial charge in [-0.1, -0.05) is 11.8 Å². The Labute approximate surface area is 123 Å². The molecule has 1 amide bonds. The van der Waals surface area contributed by atoms with Crippen LogP contribution in [0.25, 0.3) is 0 Å². The third kappa shape index (κ3) is 4.07. The van der Waals surface area contributed by atoms with Gasteiger partial charge in [0.2, 0.25) is 0 Å². The highest BCUT2D eigenvalue weighted by molar-refractivity contribution is 7.14. The molecule has 0 aliphatic carbocycles. The highest BCUT2D eigenvalue weighted by atomic mass is 32.1. The molecule has 1 aliphatic rings. The second-order valence-electron chi connectivity index (χ2n) is 4.84. The summed E-state index contributed by atoms with van der Waals surface area (Å²) in [7, 11) is 1.82. The average molecular weight is 292 g/mol. The molecule has 1 aromatic heterocycles. The van der Waals surface area contributed by atoms with E-state index in [0.29, 0.717) is 18.0 Å². The predicted molar refractivity (Wildman–Crippen MR) is 80.8 cm³/mol. The minimum atomic E-state index is 0.0324. The molecule has 1 atom stereocenters. The average Bonchev–Trinajstić information content (AvgIpc) is 2.94. The Morgan fingerprint density at radius 1 is 1.55 bits per heavy atom. The molecule has 1 unspecified atom stereocenters. The van der Waals surface area contributed by atoms with Crippen molar-refractivity contribution < 1.29 is 9.53 Å². The fraction of sp³-hybridized carbons (Fsp3) is 0.533. The van der Waals surface area contributed by atoms with Crippen LogP contribution in [0.4, 0.5) is 0 Å². The Bertz CT molecular complexity index is 509. The predicted octanol–water partition coefficient (Wildman–Crippen LogP) is 1.70. The minimum absolute atomic E-state index is 0.0324. The molecule has 1 aliphatic heterocycles. The van der Waals surface area contributed by atoms with E-state index in [-0.39, 0.29) is 12.0 Å². The third-order valence-electron chi connectivity index (χ3n) is 3.23. The SMILES string of the molecule is CN(CC1CCCCO1)C(=O)c1ccc(C#CCN)s1. The highest BCUT2D eigenvalue weighted by Crippen LogP contribution is 2.19. The molecule has 0 aromatic carbocycles. The molecule has 1 saturated heterocycles. The van der Waals surface area contributed by atoms with Gasteiger partial charge < -0.3 is 15.4 Å². The maximum absolute atomic E-state index is 12.3. The summed E-state index contributed by atoms with van der Waals surface area (Å²) in [4.78, 5) is 15.6. The number of carbonyl (C=O) groups is 1. The van der Waals surface area contributed by atoms with Crippen molar-refractivity contribution in [1.82, 2.24) is 4.90 Å². The molecule has 0 bridgehead atoms. The van der Waals surface area contributed by atoms with Crippen molar-refractivity contribution in [2.75, 3.05) is 26.7 Å². The van der Waals surface area contributed by atoms with E-state index in [1.54, 1.807) is 4.90 Å². The van der Waals surface area contributed by atoms with Crippen LogP contribution in [0.2, 0.25) is 0 Å². The normalized spacial score (nSPS) is 18.2. The molecule has 20 heavy (non-hydrogen) atoms. The summed E-state index contributed by atoms with van der Waals surface area (Å²) in [6.07, 6.45) is 3.52. The first-order valence-corrected chi connectivity index (χ1v) is 7.68. The molecule has 1 aromatic rings. The van der Waals surface area contributed by atoms with Gasteiger partial charge in [0.15, 0.2) is 0 Å². The summed E-state index contributed by atoms with van der Waals surface area (Å²) >= 11 is 1.41. The van der Waals surface area contributed by atoms with Crippen LogP contribution in [-0.4, -0.2) is 43.7 Å². The zero-order valence-corrected chi connectivity index (χ0v) is 12.5. The smallest absolute Gasteiger partial charge is 0.263 e. The number of nitrogens with two attached hydrogens (primary N) is 1. The van der Waals surface area contributed by atoms with E-state index in [1.807, 2.05) is 19.2 Å². The van der Waals surface area contributed by atoms with Crippen molar-refractivity contribution >= 4 is 17.2 Å². The number of hydrogen-bond donors (Lipinski definition) is 1. The van der Waals surface area contributed by atoms with Gasteiger partial charge in [-0.25, -0.2) is 0 Å². The zero-order chi connectivity index (χ0) is 14.4. The molecule has 2 heterocycles. The summed E-state index contributed by atoms with van der Waals surface area (Å²) in [5.41, 5.74) is 5.34. The lowest BCUT2D eigenvalue weighted by Gasteiger charge is -2.27. The van der Waals surface area contributed by atoms with E-state index >= 15 is 0 Å². The van der Waals surface area contributed by atoms with E-state index in [9.17, 15) is 4.79 Å². The molecule has 2 N–H and O–H groups in total. The summed E-state index contributed by atoms with van der Waals surface area (Å²) in [6, 6.07) is 3.69. The van der Waals surface area contributed by atoms with Gasteiger partial charge in [0.25, 0.3) is 5.91 Å². The molecule has 0 saturated carbocycles. The van der Waals surface area contributed by atoms with Crippen LogP contribution in [0, 0.1) is 11.8 Å². The maximum atomic E-state index is 12.3. The molecule has 5 heteroatoms. The quantitative estimate of drug-likeness (QED) is 0.863. The molecule has 108 valence electrons. The van der Waals surface area contributed by atoms with Gasteiger partial charge in [0, 0.05) is 20.2 Å². The second-order valence-corrected chi connectivity index (χ2v) is 5.93. The number of hydrogen-bond acceptors (Lipinski definition) is 4. The Kier molecular flexibility index (Phi) is 5.60. The minimum Gasteiger partial charge on any atom is -0.376 e. The first kappa shape index (κ1) is 15.0. The van der Waals surface area contributed by atoms with Gasteiger partial charge in [0.05, 0.1) is 22.4 Å². The van der Waals surface area contributed by atoms with Crippen LogP contribution in [0.1, 0.15) is 33.8 Å². The number of nitrogens with zero attached hydrogens (tertiary/aromatic N) is 1. The maximum Gasteiger partial charge on any atom is 0.263 e. The number of thiophene rings is 1. The van der Waals surface area contributed by atoms with Crippen molar-refractivity contribution in [3.63, 3.8) is 0 Å². The summed E-state index contributed by atoms with van der Waals surface area (Å²) in [5.74, 6) is 5.78. The van der Waals surface area contributed by atoms with Gasteiger partial charge in [-0.05, 0) is 31.4 Å². The third-order valence-corrected chi connectivity index (χ3v) is 4.22. The Morgan fingerprint density at radius 2 is 2.40 bits per heavy atom. The molecule has 2 rings (SSSR count). The van der Waals surface area contributed by atoms with Crippen molar-refractivity contribution in [2.24, 2.45) is 5.73 Å². The Balaban J connectivity index is 1.93. The van der Waals surface area contributed by atoms with Gasteiger partial charge in [-0.15, -0.1) is 11.3 Å². The van der Waals surface area contributed by atoms with Crippen LogP contribution in [0.5, 0.6) is 0 Å². The molecular formula is C15H20N2O2S. The summed E-state index contributed by atoms with van der Waals surface area (Å²) in [5, 5.41) is 0. The van der Waals surface area contributed by atoms with Crippen LogP contribution >= 0.6 is 11.3 Å². The second kappa shape index (κ2) is 7.44. The number of carbonyl (C=O) groups excluding carboxylic acids is 1. The standard InChI is InChI=1S/C15H20N2O2S/c1-17(11-12-5-2-3-10-19-12)15(18)14-8-7-13(20-14)6-4-9-16/h7-8,12H,2-3,5,9-11,16H2,1H3. The fourth-order valence-electron chi connectivity index (χ4n) is 2.19. The molecule has 0 radical (unpaired) electrons. The Hall–Kier alpha value is -1.35. The molecule has 1 fully saturated rings. The summed E-state index contributed by atoms with van der Waals surface area (Å²) < 4.78 is 5.67. The van der Waals surface area contributed by atoms with E-state index in [4.69, 9.17) is 10.5 Å². The van der Waals surface area contributed by atoms with Crippen LogP contribution in [0.3, 0.4) is 0 Å². The van der Waals surface area contributed by atoms with Gasteiger partial charge in [-0.2, -0.15) is 0 Å². The largest absolute Gasteiger partial charge is 0.376 e. The number of amides is 1. The lowest BCUT2D eigenvalue weighted by molar-refractivity contribution is -0.0000997. The highest BCUT2D eigenvalue weighted by Gasteiger charge is 2.20. The van der Waals surface area contributed by atoms with Crippen molar-refractivity contribution in [3.05, 3.63) is 21.9 Å². The topological polar surface area (TPSA) is 55.6 Å². The number of ether oxygens (including phenoxy) is 1.